The van der Waals surface area contributed by atoms with Gasteiger partial charge in [-0.2, -0.15) is 0 Å². The van der Waals surface area contributed by atoms with Gasteiger partial charge in [-0.1, -0.05) is 36.5 Å². The van der Waals surface area contributed by atoms with E-state index in [0.717, 1.165) is 23.8 Å². The number of fused-ring (bicyclic) bond motifs is 1. The van der Waals surface area contributed by atoms with Crippen LogP contribution in [-0.4, -0.2) is 4.98 Å². The number of nitrogens with two attached hydrogens (primary N) is 1. The Bertz CT molecular complexity index is 555. The molecule has 2 rings (SSSR count). The Labute approximate surface area is 110 Å². The van der Waals surface area contributed by atoms with Gasteiger partial charge in [0.1, 0.15) is 5.82 Å². The van der Waals surface area contributed by atoms with Gasteiger partial charge in [-0.25, -0.2) is 10.8 Å². The number of nitrogens with one attached hydrogen (secondary N) is 1. The van der Waals surface area contributed by atoms with Crippen molar-refractivity contribution >= 4 is 39.9 Å². The number of halogens is 2. The van der Waals surface area contributed by atoms with Crippen LogP contribution in [0.15, 0.2) is 18.2 Å². The van der Waals surface area contributed by atoms with Crippen LogP contribution < -0.4 is 11.3 Å². The zero-order chi connectivity index (χ0) is 12.4. The van der Waals surface area contributed by atoms with Crippen LogP contribution in [0.4, 0.5) is 5.82 Å². The van der Waals surface area contributed by atoms with E-state index in [2.05, 4.69) is 17.3 Å². The molecule has 0 atom stereocenters. The summed E-state index contributed by atoms with van der Waals surface area (Å²) < 4.78 is 0. The predicted molar refractivity (Wildman–Crippen MR) is 73.6 cm³/mol. The molecule has 0 aliphatic rings. The Balaban J connectivity index is 2.69. The first-order chi connectivity index (χ1) is 8.15. The van der Waals surface area contributed by atoms with Gasteiger partial charge in [0.15, 0.2) is 0 Å². The summed E-state index contributed by atoms with van der Waals surface area (Å²) in [5.41, 5.74) is 4.39. The van der Waals surface area contributed by atoms with Crippen molar-refractivity contribution in [3.05, 3.63) is 33.8 Å². The summed E-state index contributed by atoms with van der Waals surface area (Å²) in [5, 5.41) is 2.08. The smallest absolute Gasteiger partial charge is 0.143 e. The van der Waals surface area contributed by atoms with Crippen LogP contribution in [0.5, 0.6) is 0 Å². The van der Waals surface area contributed by atoms with Crippen LogP contribution in [0.3, 0.4) is 0 Å². The SMILES string of the molecule is CCCc1cc2cc(Cl)cc(Cl)c2nc1NN. The van der Waals surface area contributed by atoms with E-state index in [-0.39, 0.29) is 0 Å². The number of benzene rings is 1. The van der Waals surface area contributed by atoms with Gasteiger partial charge in [0.2, 0.25) is 0 Å². The second-order valence-electron chi connectivity index (χ2n) is 3.85. The Morgan fingerprint density at radius 2 is 2.06 bits per heavy atom. The summed E-state index contributed by atoms with van der Waals surface area (Å²) in [4.78, 5) is 4.43. The van der Waals surface area contributed by atoms with Crippen molar-refractivity contribution in [1.82, 2.24) is 4.98 Å². The summed E-state index contributed by atoms with van der Waals surface area (Å²) in [6.07, 6.45) is 1.93. The Kier molecular flexibility index (Phi) is 3.72. The Morgan fingerprint density at radius 1 is 1.29 bits per heavy atom. The molecule has 0 spiro atoms. The van der Waals surface area contributed by atoms with Gasteiger partial charge in [0.25, 0.3) is 0 Å². The minimum Gasteiger partial charge on any atom is -0.308 e. The maximum absolute atomic E-state index is 6.11. The molecule has 0 aliphatic heterocycles. The van der Waals surface area contributed by atoms with E-state index in [1.807, 2.05) is 12.1 Å². The lowest BCUT2D eigenvalue weighted by Gasteiger charge is -2.10. The lowest BCUT2D eigenvalue weighted by atomic mass is 10.1. The van der Waals surface area contributed by atoms with Crippen molar-refractivity contribution in [1.29, 1.82) is 0 Å². The Morgan fingerprint density at radius 3 is 2.71 bits per heavy atom. The fourth-order valence-corrected chi connectivity index (χ4v) is 2.39. The molecular weight excluding hydrogens is 257 g/mol. The van der Waals surface area contributed by atoms with Crippen LogP contribution >= 0.6 is 23.2 Å². The topological polar surface area (TPSA) is 50.9 Å². The minimum absolute atomic E-state index is 0.534. The molecule has 17 heavy (non-hydrogen) atoms. The number of nitrogen functional groups attached to an aromatic ring is 1. The third kappa shape index (κ3) is 2.46. The van der Waals surface area contributed by atoms with Crippen molar-refractivity contribution < 1.29 is 0 Å². The van der Waals surface area contributed by atoms with Crippen LogP contribution in [0, 0.1) is 0 Å². The van der Waals surface area contributed by atoms with Gasteiger partial charge in [0.05, 0.1) is 10.5 Å². The van der Waals surface area contributed by atoms with Crippen LogP contribution in [0.2, 0.25) is 10.0 Å². The first kappa shape index (κ1) is 12.4. The zero-order valence-corrected chi connectivity index (χ0v) is 10.9. The molecule has 3 nitrogen and oxygen atoms in total. The van der Waals surface area contributed by atoms with E-state index in [4.69, 9.17) is 29.0 Å². The van der Waals surface area contributed by atoms with E-state index in [0.29, 0.717) is 21.4 Å². The van der Waals surface area contributed by atoms with Crippen LogP contribution in [-0.2, 0) is 6.42 Å². The normalized spacial score (nSPS) is 10.8. The molecule has 1 heterocycles. The molecule has 0 aliphatic carbocycles. The lowest BCUT2D eigenvalue weighted by Crippen LogP contribution is -2.11. The van der Waals surface area contributed by atoms with Gasteiger partial charge >= 0.3 is 0 Å². The maximum Gasteiger partial charge on any atom is 0.143 e. The molecule has 0 bridgehead atoms. The number of pyridine rings is 1. The van der Waals surface area contributed by atoms with Crippen molar-refractivity contribution in [2.75, 3.05) is 5.43 Å². The number of rotatable bonds is 3. The minimum atomic E-state index is 0.534. The van der Waals surface area contributed by atoms with E-state index in [1.54, 1.807) is 6.07 Å². The number of hydrazine groups is 1. The Hall–Kier alpha value is -1.03. The number of anilines is 1. The van der Waals surface area contributed by atoms with Crippen molar-refractivity contribution in [3.8, 4) is 0 Å². The number of nitrogens with zero attached hydrogens (tertiary/aromatic N) is 1. The molecular formula is C12H13Cl2N3. The first-order valence-electron chi connectivity index (χ1n) is 5.41. The molecule has 0 amide bonds. The molecule has 90 valence electrons. The van der Waals surface area contributed by atoms with E-state index in [1.165, 1.54) is 0 Å². The molecule has 0 unspecified atom stereocenters. The van der Waals surface area contributed by atoms with Crippen molar-refractivity contribution in [3.63, 3.8) is 0 Å². The third-order valence-corrected chi connectivity index (χ3v) is 3.08. The summed E-state index contributed by atoms with van der Waals surface area (Å²) >= 11 is 12.1. The van der Waals surface area contributed by atoms with E-state index < -0.39 is 0 Å². The number of hydrogen-bond acceptors (Lipinski definition) is 3. The number of aromatic nitrogens is 1. The van der Waals surface area contributed by atoms with E-state index in [9.17, 15) is 0 Å². The molecule has 1 aromatic carbocycles. The lowest BCUT2D eigenvalue weighted by molar-refractivity contribution is 0.917. The monoisotopic (exact) mass is 269 g/mol. The van der Waals surface area contributed by atoms with Gasteiger partial charge in [0, 0.05) is 10.4 Å². The average Bonchev–Trinajstić information content (AvgIpc) is 2.28. The highest BCUT2D eigenvalue weighted by Crippen LogP contribution is 2.29. The molecule has 1 aromatic heterocycles. The zero-order valence-electron chi connectivity index (χ0n) is 9.43. The largest absolute Gasteiger partial charge is 0.308 e. The highest BCUT2D eigenvalue weighted by molar-refractivity contribution is 6.38. The average molecular weight is 270 g/mol. The molecule has 0 fully saturated rings. The molecule has 0 radical (unpaired) electrons. The molecule has 0 saturated carbocycles. The van der Waals surface area contributed by atoms with Gasteiger partial charge in [-0.3, -0.25) is 0 Å². The first-order valence-corrected chi connectivity index (χ1v) is 6.16. The maximum atomic E-state index is 6.11. The van der Waals surface area contributed by atoms with Crippen molar-refractivity contribution in [2.45, 2.75) is 19.8 Å². The van der Waals surface area contributed by atoms with Crippen molar-refractivity contribution in [2.24, 2.45) is 5.84 Å². The second kappa shape index (κ2) is 5.08. The third-order valence-electron chi connectivity index (χ3n) is 2.57. The highest BCUT2D eigenvalue weighted by Gasteiger charge is 2.09. The van der Waals surface area contributed by atoms with Gasteiger partial charge in [-0.05, 0) is 30.2 Å². The predicted octanol–water partition coefficient (Wildman–Crippen LogP) is 3.78. The van der Waals surface area contributed by atoms with E-state index >= 15 is 0 Å². The molecule has 0 saturated heterocycles. The molecule has 3 N–H and O–H groups in total. The summed E-state index contributed by atoms with van der Waals surface area (Å²) in [7, 11) is 0. The standard InChI is InChI=1S/C12H13Cl2N3/c1-2-3-7-4-8-5-9(13)6-10(14)11(8)16-12(7)17-15/h4-6H,2-3,15H2,1H3,(H,16,17). The fourth-order valence-electron chi connectivity index (χ4n) is 1.84. The highest BCUT2D eigenvalue weighted by atomic mass is 35.5. The number of aryl methyl sites for hydroxylation is 1. The summed E-state index contributed by atoms with van der Waals surface area (Å²) in [6, 6.07) is 5.56. The molecule has 2 aromatic rings. The van der Waals surface area contributed by atoms with Crippen LogP contribution in [0.1, 0.15) is 18.9 Å². The van der Waals surface area contributed by atoms with Gasteiger partial charge < -0.3 is 5.43 Å². The second-order valence-corrected chi connectivity index (χ2v) is 4.69. The van der Waals surface area contributed by atoms with Crippen LogP contribution in [0.25, 0.3) is 10.9 Å². The number of hydrogen-bond donors (Lipinski definition) is 2. The quantitative estimate of drug-likeness (QED) is 0.659. The van der Waals surface area contributed by atoms with Gasteiger partial charge in [-0.15, -0.1) is 0 Å². The summed E-state index contributed by atoms with van der Waals surface area (Å²) in [6.45, 7) is 2.11. The fraction of sp³-hybridized carbons (Fsp3) is 0.250. The summed E-state index contributed by atoms with van der Waals surface area (Å²) in [5.74, 6) is 6.14. The molecule has 5 heteroatoms.